The van der Waals surface area contributed by atoms with Gasteiger partial charge in [0.05, 0.1) is 0 Å². The van der Waals surface area contributed by atoms with Crippen LogP contribution >= 0.6 is 0 Å². The van der Waals surface area contributed by atoms with Gasteiger partial charge in [0, 0.05) is 31.7 Å². The Hall–Kier alpha value is -1.39. The Balaban J connectivity index is 1.69. The lowest BCUT2D eigenvalue weighted by Gasteiger charge is -2.20. The standard InChI is InChI=1S/C15H20N2O2/c16-13-10-17(15(18)14-7-4-8-19-14)9-12(13)11-5-2-1-3-6-11/h1-3,5-6,12-14H,4,7-10,16H2/t12-,13+,14?/m0/s1. The molecule has 1 amide bonds. The predicted octanol–water partition coefficient (Wildman–Crippen LogP) is 1.12. The molecule has 3 atom stereocenters. The summed E-state index contributed by atoms with van der Waals surface area (Å²) < 4.78 is 5.47. The maximum Gasteiger partial charge on any atom is 0.251 e. The number of carbonyl (C=O) groups excluding carboxylic acids is 1. The van der Waals surface area contributed by atoms with Crippen LogP contribution in [-0.4, -0.2) is 42.6 Å². The van der Waals surface area contributed by atoms with Gasteiger partial charge in [0.2, 0.25) is 0 Å². The molecule has 1 unspecified atom stereocenters. The molecule has 19 heavy (non-hydrogen) atoms. The Labute approximate surface area is 113 Å². The van der Waals surface area contributed by atoms with Crippen molar-refractivity contribution in [3.05, 3.63) is 35.9 Å². The molecule has 0 bridgehead atoms. The van der Waals surface area contributed by atoms with Crippen LogP contribution in [0.1, 0.15) is 24.3 Å². The highest BCUT2D eigenvalue weighted by Crippen LogP contribution is 2.28. The largest absolute Gasteiger partial charge is 0.368 e. The summed E-state index contributed by atoms with van der Waals surface area (Å²) in [7, 11) is 0. The van der Waals surface area contributed by atoms with E-state index in [0.717, 1.165) is 12.8 Å². The number of nitrogens with two attached hydrogens (primary N) is 1. The highest BCUT2D eigenvalue weighted by Gasteiger charge is 2.37. The quantitative estimate of drug-likeness (QED) is 0.867. The van der Waals surface area contributed by atoms with Gasteiger partial charge < -0.3 is 15.4 Å². The number of hydrogen-bond donors (Lipinski definition) is 1. The fourth-order valence-electron chi connectivity index (χ4n) is 3.04. The van der Waals surface area contributed by atoms with E-state index in [1.807, 2.05) is 23.1 Å². The molecule has 2 N–H and O–H groups in total. The molecule has 0 aliphatic carbocycles. The minimum absolute atomic E-state index is 0.0211. The minimum Gasteiger partial charge on any atom is -0.368 e. The Morgan fingerprint density at radius 1 is 1.26 bits per heavy atom. The fourth-order valence-corrected chi connectivity index (χ4v) is 3.04. The topological polar surface area (TPSA) is 55.6 Å². The van der Waals surface area contributed by atoms with Gasteiger partial charge in [0.15, 0.2) is 0 Å². The molecule has 1 aromatic rings. The first-order chi connectivity index (χ1) is 9.25. The number of hydrogen-bond acceptors (Lipinski definition) is 3. The van der Waals surface area contributed by atoms with E-state index < -0.39 is 0 Å². The van der Waals surface area contributed by atoms with E-state index in [2.05, 4.69) is 12.1 Å². The van der Waals surface area contributed by atoms with Crippen molar-refractivity contribution in [3.8, 4) is 0 Å². The highest BCUT2D eigenvalue weighted by molar-refractivity contribution is 5.81. The zero-order valence-corrected chi connectivity index (χ0v) is 11.0. The average Bonchev–Trinajstić information content (AvgIpc) is 3.08. The number of carbonyl (C=O) groups is 1. The summed E-state index contributed by atoms with van der Waals surface area (Å²) in [6, 6.07) is 10.2. The molecule has 1 aromatic carbocycles. The zero-order valence-electron chi connectivity index (χ0n) is 11.0. The van der Waals surface area contributed by atoms with Crippen LogP contribution < -0.4 is 5.73 Å². The monoisotopic (exact) mass is 260 g/mol. The van der Waals surface area contributed by atoms with Gasteiger partial charge in [-0.2, -0.15) is 0 Å². The van der Waals surface area contributed by atoms with Gasteiger partial charge in [-0.05, 0) is 18.4 Å². The summed E-state index contributed by atoms with van der Waals surface area (Å²) in [6.07, 6.45) is 1.60. The second-order valence-corrected chi connectivity index (χ2v) is 5.43. The van der Waals surface area contributed by atoms with Crippen molar-refractivity contribution in [2.24, 2.45) is 5.73 Å². The number of likely N-dealkylation sites (tertiary alicyclic amines) is 1. The molecule has 0 aromatic heterocycles. The molecule has 2 heterocycles. The first-order valence-corrected chi connectivity index (χ1v) is 6.96. The van der Waals surface area contributed by atoms with E-state index in [9.17, 15) is 4.79 Å². The van der Waals surface area contributed by atoms with Gasteiger partial charge in [-0.25, -0.2) is 0 Å². The zero-order chi connectivity index (χ0) is 13.2. The summed E-state index contributed by atoms with van der Waals surface area (Å²) in [6.45, 7) is 2.06. The third kappa shape index (κ3) is 2.51. The van der Waals surface area contributed by atoms with Crippen LogP contribution in [-0.2, 0) is 9.53 Å². The molecule has 2 aliphatic heterocycles. The van der Waals surface area contributed by atoms with E-state index in [4.69, 9.17) is 10.5 Å². The summed E-state index contributed by atoms with van der Waals surface area (Å²) in [5.41, 5.74) is 7.42. The second kappa shape index (κ2) is 5.31. The normalized spacial score (nSPS) is 30.8. The van der Waals surface area contributed by atoms with Crippen LogP contribution in [0.4, 0.5) is 0 Å². The van der Waals surface area contributed by atoms with Crippen LogP contribution in [0.25, 0.3) is 0 Å². The third-order valence-electron chi connectivity index (χ3n) is 4.11. The van der Waals surface area contributed by atoms with Crippen molar-refractivity contribution < 1.29 is 9.53 Å². The number of rotatable bonds is 2. The molecule has 2 fully saturated rings. The summed E-state index contributed by atoms with van der Waals surface area (Å²) in [4.78, 5) is 14.2. The smallest absolute Gasteiger partial charge is 0.251 e. The van der Waals surface area contributed by atoms with Crippen LogP contribution in [0.3, 0.4) is 0 Å². The van der Waals surface area contributed by atoms with E-state index >= 15 is 0 Å². The number of nitrogens with zero attached hydrogens (tertiary/aromatic N) is 1. The van der Waals surface area contributed by atoms with Gasteiger partial charge >= 0.3 is 0 Å². The maximum atomic E-state index is 12.3. The summed E-state index contributed by atoms with van der Waals surface area (Å²) in [5, 5.41) is 0. The first kappa shape index (κ1) is 12.6. The number of ether oxygens (including phenoxy) is 1. The molecule has 3 rings (SSSR count). The van der Waals surface area contributed by atoms with Crippen molar-refractivity contribution in [1.29, 1.82) is 0 Å². The fraction of sp³-hybridized carbons (Fsp3) is 0.533. The molecule has 102 valence electrons. The van der Waals surface area contributed by atoms with Crippen molar-refractivity contribution in [2.45, 2.75) is 30.9 Å². The van der Waals surface area contributed by atoms with E-state index in [-0.39, 0.29) is 24.0 Å². The number of amides is 1. The van der Waals surface area contributed by atoms with Crippen molar-refractivity contribution in [2.75, 3.05) is 19.7 Å². The second-order valence-electron chi connectivity index (χ2n) is 5.43. The number of benzene rings is 1. The maximum absolute atomic E-state index is 12.3. The lowest BCUT2D eigenvalue weighted by molar-refractivity contribution is -0.139. The van der Waals surface area contributed by atoms with Crippen LogP contribution in [0, 0.1) is 0 Å². The SMILES string of the molecule is N[C@@H]1CN(C(=O)C2CCCO2)C[C@H]1c1ccccc1. The average molecular weight is 260 g/mol. The molecule has 2 aliphatic rings. The molecule has 2 saturated heterocycles. The molecule has 4 nitrogen and oxygen atoms in total. The van der Waals surface area contributed by atoms with Gasteiger partial charge in [-0.15, -0.1) is 0 Å². The van der Waals surface area contributed by atoms with Crippen LogP contribution in [0.5, 0.6) is 0 Å². The van der Waals surface area contributed by atoms with E-state index in [1.165, 1.54) is 5.56 Å². The van der Waals surface area contributed by atoms with E-state index in [1.54, 1.807) is 0 Å². The Morgan fingerprint density at radius 2 is 2.05 bits per heavy atom. The Kier molecular flexibility index (Phi) is 3.53. The first-order valence-electron chi connectivity index (χ1n) is 6.96. The third-order valence-corrected chi connectivity index (χ3v) is 4.11. The van der Waals surface area contributed by atoms with Crippen molar-refractivity contribution in [1.82, 2.24) is 4.90 Å². The van der Waals surface area contributed by atoms with Gasteiger partial charge in [-0.1, -0.05) is 30.3 Å². The minimum atomic E-state index is -0.235. The molecule has 0 saturated carbocycles. The predicted molar refractivity (Wildman–Crippen MR) is 72.7 cm³/mol. The van der Waals surface area contributed by atoms with Crippen LogP contribution in [0.15, 0.2) is 30.3 Å². The van der Waals surface area contributed by atoms with Gasteiger partial charge in [0.25, 0.3) is 5.91 Å². The Bertz CT molecular complexity index is 443. The summed E-state index contributed by atoms with van der Waals surface area (Å²) in [5.74, 6) is 0.359. The molecule has 0 radical (unpaired) electrons. The van der Waals surface area contributed by atoms with Gasteiger partial charge in [-0.3, -0.25) is 4.79 Å². The lowest BCUT2D eigenvalue weighted by Crippen LogP contribution is -2.38. The van der Waals surface area contributed by atoms with Crippen molar-refractivity contribution >= 4 is 5.91 Å². The molecular formula is C15H20N2O2. The summed E-state index contributed by atoms with van der Waals surface area (Å²) >= 11 is 0. The van der Waals surface area contributed by atoms with Crippen LogP contribution in [0.2, 0.25) is 0 Å². The Morgan fingerprint density at radius 3 is 2.74 bits per heavy atom. The molecule has 4 heteroatoms. The highest BCUT2D eigenvalue weighted by atomic mass is 16.5. The van der Waals surface area contributed by atoms with E-state index in [0.29, 0.717) is 19.7 Å². The molecular weight excluding hydrogens is 240 g/mol. The van der Waals surface area contributed by atoms with Crippen molar-refractivity contribution in [3.63, 3.8) is 0 Å². The lowest BCUT2D eigenvalue weighted by atomic mass is 9.95. The van der Waals surface area contributed by atoms with Gasteiger partial charge in [0.1, 0.15) is 6.10 Å². The molecule has 0 spiro atoms.